The molecule has 0 bridgehead atoms. The largest absolute Gasteiger partial charge is 0.332 e. The summed E-state index contributed by atoms with van der Waals surface area (Å²) >= 11 is 11.6. The van der Waals surface area contributed by atoms with E-state index in [4.69, 9.17) is 30.3 Å². The predicted octanol–water partition coefficient (Wildman–Crippen LogP) is 3.33. The topological polar surface area (TPSA) is 138 Å². The van der Waals surface area contributed by atoms with Crippen LogP contribution in [0.1, 0.15) is 0 Å². The van der Waals surface area contributed by atoms with Crippen LogP contribution in [0.3, 0.4) is 0 Å². The second-order valence-corrected chi connectivity index (χ2v) is 7.95. The van der Waals surface area contributed by atoms with Gasteiger partial charge in [0.25, 0.3) is 0 Å². The molecule has 162 valence electrons. The van der Waals surface area contributed by atoms with Gasteiger partial charge in [-0.3, -0.25) is 10.6 Å². The molecule has 0 radical (unpaired) electrons. The molecule has 7 N–H and O–H groups in total. The highest BCUT2D eigenvalue weighted by Gasteiger charge is 2.12. The number of benzene rings is 2. The van der Waals surface area contributed by atoms with Gasteiger partial charge in [-0.25, -0.2) is 15.2 Å². The molecule has 4 rings (SSSR count). The van der Waals surface area contributed by atoms with E-state index in [1.54, 1.807) is 6.07 Å². The SMILES string of the molecule is NNC(=S)Nc1nc(NC(=S)Nc2ccccc2)nc(Nc2nc3ccc(F)cc3s2)n1. The lowest BCUT2D eigenvalue weighted by Crippen LogP contribution is -2.34. The van der Waals surface area contributed by atoms with E-state index in [1.807, 2.05) is 30.3 Å². The standard InChI is InChI=1S/C18H15FN10S3/c19-9-6-7-11-12(8-9)32-18(22-11)28-15-24-13(23-14(25-15)27-17(31)29-20)26-16(30)21-10-4-2-1-3-5-10/h1-8H,20H2,(H5,21,22,23,24,25,26,27,28,29,30,31). The second-order valence-electron chi connectivity index (χ2n) is 6.11. The molecule has 0 unspecified atom stereocenters. The van der Waals surface area contributed by atoms with Gasteiger partial charge >= 0.3 is 0 Å². The molecule has 4 aromatic rings. The van der Waals surface area contributed by atoms with Crippen molar-refractivity contribution < 1.29 is 4.39 Å². The Hall–Kier alpha value is -3.59. The number of hydrogen-bond acceptors (Lipinski definition) is 9. The molecule has 0 aliphatic carbocycles. The Morgan fingerprint density at radius 2 is 1.53 bits per heavy atom. The third-order valence-electron chi connectivity index (χ3n) is 3.82. The van der Waals surface area contributed by atoms with E-state index >= 15 is 0 Å². The number of hydrogen-bond donors (Lipinski definition) is 6. The number of nitrogens with zero attached hydrogens (tertiary/aromatic N) is 4. The number of thiocarbonyl (C=S) groups is 2. The van der Waals surface area contributed by atoms with Gasteiger partial charge in [-0.05, 0) is 54.8 Å². The Morgan fingerprint density at radius 1 is 0.844 bits per heavy atom. The van der Waals surface area contributed by atoms with Crippen LogP contribution in [0.2, 0.25) is 0 Å². The normalized spacial score (nSPS) is 10.4. The van der Waals surface area contributed by atoms with Crippen molar-refractivity contribution in [1.82, 2.24) is 25.4 Å². The molecule has 2 aromatic heterocycles. The molecule has 2 aromatic carbocycles. The zero-order valence-corrected chi connectivity index (χ0v) is 18.5. The highest BCUT2D eigenvalue weighted by Crippen LogP contribution is 2.28. The van der Waals surface area contributed by atoms with Gasteiger partial charge < -0.3 is 16.1 Å². The van der Waals surface area contributed by atoms with Crippen molar-refractivity contribution in [2.24, 2.45) is 5.84 Å². The maximum absolute atomic E-state index is 13.5. The zero-order chi connectivity index (χ0) is 22.5. The van der Waals surface area contributed by atoms with Crippen molar-refractivity contribution in [3.63, 3.8) is 0 Å². The molecule has 0 saturated heterocycles. The summed E-state index contributed by atoms with van der Waals surface area (Å²) in [6, 6.07) is 13.7. The van der Waals surface area contributed by atoms with Gasteiger partial charge in [-0.15, -0.1) is 0 Å². The Labute approximate surface area is 195 Å². The lowest BCUT2D eigenvalue weighted by atomic mass is 10.3. The van der Waals surface area contributed by atoms with Crippen LogP contribution in [0.25, 0.3) is 10.2 Å². The highest BCUT2D eigenvalue weighted by molar-refractivity contribution is 7.80. The first kappa shape index (κ1) is 21.6. The van der Waals surface area contributed by atoms with Crippen molar-refractivity contribution >= 4 is 84.9 Å². The highest BCUT2D eigenvalue weighted by atomic mass is 32.1. The van der Waals surface area contributed by atoms with E-state index in [2.05, 4.69) is 46.6 Å². The summed E-state index contributed by atoms with van der Waals surface area (Å²) in [5.74, 6) is 5.39. The molecule has 0 aliphatic heterocycles. The average Bonchev–Trinajstić information content (AvgIpc) is 3.15. The first-order valence-electron chi connectivity index (χ1n) is 8.98. The number of rotatable bonds is 5. The summed E-state index contributed by atoms with van der Waals surface area (Å²) in [5, 5.41) is 12.5. The molecule has 0 spiro atoms. The summed E-state index contributed by atoms with van der Waals surface area (Å²) in [4.78, 5) is 17.2. The van der Waals surface area contributed by atoms with E-state index in [9.17, 15) is 4.39 Å². The number of anilines is 5. The first-order valence-corrected chi connectivity index (χ1v) is 10.6. The van der Waals surface area contributed by atoms with Crippen LogP contribution in [-0.4, -0.2) is 30.2 Å². The molecule has 32 heavy (non-hydrogen) atoms. The van der Waals surface area contributed by atoms with Gasteiger partial charge in [0, 0.05) is 5.69 Å². The van der Waals surface area contributed by atoms with Crippen LogP contribution < -0.4 is 32.5 Å². The summed E-state index contributed by atoms with van der Waals surface area (Å²) < 4.78 is 14.2. The Morgan fingerprint density at radius 3 is 2.25 bits per heavy atom. The summed E-state index contributed by atoms with van der Waals surface area (Å²) in [7, 11) is 0. The van der Waals surface area contributed by atoms with Crippen LogP contribution >= 0.6 is 35.8 Å². The molecular formula is C18H15FN10S3. The summed E-state index contributed by atoms with van der Waals surface area (Å²) in [5.41, 5.74) is 3.74. The number of hydrazine groups is 1. The second kappa shape index (κ2) is 9.69. The third kappa shape index (κ3) is 5.55. The van der Waals surface area contributed by atoms with Crippen molar-refractivity contribution in [3.8, 4) is 0 Å². The van der Waals surface area contributed by atoms with Gasteiger partial charge in [0.05, 0.1) is 10.2 Å². The molecule has 0 atom stereocenters. The minimum atomic E-state index is -0.340. The first-order chi connectivity index (χ1) is 15.5. The van der Waals surface area contributed by atoms with Gasteiger partial charge in [0.15, 0.2) is 15.4 Å². The zero-order valence-electron chi connectivity index (χ0n) is 16.1. The number of para-hydroxylation sites is 1. The number of aromatic nitrogens is 4. The van der Waals surface area contributed by atoms with E-state index in [1.165, 1.54) is 23.5 Å². The molecular weight excluding hydrogens is 471 g/mol. The fourth-order valence-corrected chi connectivity index (χ4v) is 3.70. The van der Waals surface area contributed by atoms with Crippen LogP contribution in [0, 0.1) is 5.82 Å². The summed E-state index contributed by atoms with van der Waals surface area (Å²) in [6.45, 7) is 0. The minimum Gasteiger partial charge on any atom is -0.332 e. The van der Waals surface area contributed by atoms with Gasteiger partial charge in [0.1, 0.15) is 5.82 Å². The van der Waals surface area contributed by atoms with Crippen LogP contribution in [0.15, 0.2) is 48.5 Å². The molecule has 0 amide bonds. The van der Waals surface area contributed by atoms with Gasteiger partial charge in [0.2, 0.25) is 17.8 Å². The van der Waals surface area contributed by atoms with E-state index in [-0.39, 0.29) is 33.9 Å². The van der Waals surface area contributed by atoms with Crippen molar-refractivity contribution in [2.75, 3.05) is 21.3 Å². The quantitative estimate of drug-likeness (QED) is 0.140. The average molecular weight is 487 g/mol. The molecule has 0 saturated carbocycles. The number of fused-ring (bicyclic) bond motifs is 1. The third-order valence-corrected chi connectivity index (χ3v) is 5.18. The van der Waals surface area contributed by atoms with E-state index in [0.29, 0.717) is 15.3 Å². The predicted molar refractivity (Wildman–Crippen MR) is 133 cm³/mol. The fraction of sp³-hybridized carbons (Fsp3) is 0. The van der Waals surface area contributed by atoms with Gasteiger partial charge in [-0.1, -0.05) is 29.5 Å². The lowest BCUT2D eigenvalue weighted by Gasteiger charge is -2.12. The number of nitrogens with two attached hydrogens (primary N) is 1. The van der Waals surface area contributed by atoms with E-state index < -0.39 is 0 Å². The molecule has 2 heterocycles. The van der Waals surface area contributed by atoms with Crippen molar-refractivity contribution in [1.29, 1.82) is 0 Å². The maximum Gasteiger partial charge on any atom is 0.235 e. The smallest absolute Gasteiger partial charge is 0.235 e. The number of halogens is 1. The monoisotopic (exact) mass is 486 g/mol. The van der Waals surface area contributed by atoms with Crippen LogP contribution in [0.4, 0.5) is 33.1 Å². The summed E-state index contributed by atoms with van der Waals surface area (Å²) in [6.07, 6.45) is 0. The Balaban J connectivity index is 1.58. The number of nitrogens with one attached hydrogen (secondary N) is 5. The van der Waals surface area contributed by atoms with Crippen LogP contribution in [0.5, 0.6) is 0 Å². The number of thiazole rings is 1. The Bertz CT molecular complexity index is 1280. The van der Waals surface area contributed by atoms with E-state index in [0.717, 1.165) is 5.69 Å². The maximum atomic E-state index is 13.5. The minimum absolute atomic E-state index is 0.105. The van der Waals surface area contributed by atoms with Gasteiger partial charge in [-0.2, -0.15) is 15.0 Å². The molecule has 0 aliphatic rings. The van der Waals surface area contributed by atoms with Crippen LogP contribution in [-0.2, 0) is 0 Å². The fourth-order valence-electron chi connectivity index (χ4n) is 2.51. The molecule has 10 nitrogen and oxygen atoms in total. The van der Waals surface area contributed by atoms with Crippen molar-refractivity contribution in [3.05, 3.63) is 54.3 Å². The Kier molecular flexibility index (Phi) is 6.55. The molecule has 0 fully saturated rings. The van der Waals surface area contributed by atoms with Crippen molar-refractivity contribution in [2.45, 2.75) is 0 Å². The lowest BCUT2D eigenvalue weighted by molar-refractivity contribution is 0.630. The molecule has 14 heteroatoms.